The maximum absolute atomic E-state index is 11.3. The topological polar surface area (TPSA) is 55.8 Å². The van der Waals surface area contributed by atoms with E-state index in [0.29, 0.717) is 13.0 Å². The summed E-state index contributed by atoms with van der Waals surface area (Å²) in [5, 5.41) is 9.93. The van der Waals surface area contributed by atoms with Gasteiger partial charge in [-0.05, 0) is 12.0 Å². The van der Waals surface area contributed by atoms with E-state index in [9.17, 15) is 9.90 Å². The largest absolute Gasteiger partial charge is 0.469 e. The number of aliphatic hydroxyl groups is 1. The van der Waals surface area contributed by atoms with Crippen LogP contribution >= 0.6 is 0 Å². The van der Waals surface area contributed by atoms with Gasteiger partial charge in [0.2, 0.25) is 0 Å². The Bertz CT molecular complexity index is 388. The minimum absolute atomic E-state index is 0.0261. The van der Waals surface area contributed by atoms with Gasteiger partial charge in [0.05, 0.1) is 32.3 Å². The van der Waals surface area contributed by atoms with Crippen LogP contribution in [0.5, 0.6) is 0 Å². The number of rotatable bonds is 8. The number of hydrogen-bond donors (Lipinski definition) is 1. The zero-order chi connectivity index (χ0) is 14.1. The molecule has 0 saturated carbocycles. The molecule has 19 heavy (non-hydrogen) atoms. The fraction of sp³-hybridized carbons (Fsp3) is 0.400. The van der Waals surface area contributed by atoms with E-state index in [1.165, 1.54) is 7.11 Å². The molecule has 0 spiro atoms. The van der Waals surface area contributed by atoms with Gasteiger partial charge in [0.15, 0.2) is 0 Å². The highest BCUT2D eigenvalue weighted by Crippen LogP contribution is 2.13. The number of esters is 1. The fourth-order valence-corrected chi connectivity index (χ4v) is 1.65. The maximum Gasteiger partial charge on any atom is 0.308 e. The van der Waals surface area contributed by atoms with Crippen LogP contribution in [0.3, 0.4) is 0 Å². The minimum Gasteiger partial charge on any atom is -0.469 e. The summed E-state index contributed by atoms with van der Waals surface area (Å²) in [6.07, 6.45) is 0.640. The summed E-state index contributed by atoms with van der Waals surface area (Å²) < 4.78 is 10.2. The molecule has 0 aliphatic heterocycles. The molecule has 0 unspecified atom stereocenters. The first-order valence-electron chi connectivity index (χ1n) is 6.18. The molecule has 0 heterocycles. The van der Waals surface area contributed by atoms with Crippen molar-refractivity contribution in [1.82, 2.24) is 0 Å². The molecule has 0 radical (unpaired) electrons. The SMILES string of the molecule is C=CC[C@H](O)[C@H](CC(=O)OC)OCc1ccccc1. The second-order valence-corrected chi connectivity index (χ2v) is 4.21. The summed E-state index contributed by atoms with van der Waals surface area (Å²) in [5.41, 5.74) is 0.989. The van der Waals surface area contributed by atoms with Gasteiger partial charge in [-0.2, -0.15) is 0 Å². The van der Waals surface area contributed by atoms with Crippen LogP contribution in [-0.2, 0) is 20.9 Å². The van der Waals surface area contributed by atoms with Crippen molar-refractivity contribution in [3.05, 3.63) is 48.6 Å². The first kappa shape index (κ1) is 15.4. The number of carbonyl (C=O) groups is 1. The highest BCUT2D eigenvalue weighted by molar-refractivity contribution is 5.69. The van der Waals surface area contributed by atoms with Gasteiger partial charge in [-0.1, -0.05) is 36.4 Å². The predicted octanol–water partition coefficient (Wildman–Crippen LogP) is 2.07. The normalized spacial score (nSPS) is 13.6. The molecule has 4 heteroatoms. The van der Waals surface area contributed by atoms with Gasteiger partial charge in [-0.25, -0.2) is 0 Å². The van der Waals surface area contributed by atoms with Crippen LogP contribution in [0.25, 0.3) is 0 Å². The Kier molecular flexibility index (Phi) is 6.85. The number of aliphatic hydroxyl groups excluding tert-OH is 1. The van der Waals surface area contributed by atoms with Gasteiger partial charge >= 0.3 is 5.97 Å². The van der Waals surface area contributed by atoms with E-state index < -0.39 is 18.2 Å². The van der Waals surface area contributed by atoms with Crippen LogP contribution in [0.1, 0.15) is 18.4 Å². The number of hydrogen-bond acceptors (Lipinski definition) is 4. The number of methoxy groups -OCH3 is 1. The molecule has 2 atom stereocenters. The van der Waals surface area contributed by atoms with Crippen LogP contribution in [0.15, 0.2) is 43.0 Å². The molecular weight excluding hydrogens is 244 g/mol. The van der Waals surface area contributed by atoms with Crippen molar-refractivity contribution in [2.45, 2.75) is 31.7 Å². The van der Waals surface area contributed by atoms with Crippen molar-refractivity contribution >= 4 is 5.97 Å². The van der Waals surface area contributed by atoms with Gasteiger partial charge in [-0.15, -0.1) is 6.58 Å². The van der Waals surface area contributed by atoms with Crippen LogP contribution in [0.4, 0.5) is 0 Å². The van der Waals surface area contributed by atoms with Gasteiger partial charge in [0.25, 0.3) is 0 Å². The third kappa shape index (κ3) is 5.68. The second-order valence-electron chi connectivity index (χ2n) is 4.21. The van der Waals surface area contributed by atoms with Crippen LogP contribution in [-0.4, -0.2) is 30.4 Å². The van der Waals surface area contributed by atoms with E-state index in [2.05, 4.69) is 11.3 Å². The lowest BCUT2D eigenvalue weighted by atomic mass is 10.1. The monoisotopic (exact) mass is 264 g/mol. The Labute approximate surface area is 113 Å². The summed E-state index contributed by atoms with van der Waals surface area (Å²) in [5.74, 6) is -0.402. The van der Waals surface area contributed by atoms with Gasteiger partial charge < -0.3 is 14.6 Å². The van der Waals surface area contributed by atoms with Gasteiger partial charge in [-0.3, -0.25) is 4.79 Å². The maximum atomic E-state index is 11.3. The molecule has 0 amide bonds. The molecule has 1 aromatic rings. The smallest absolute Gasteiger partial charge is 0.308 e. The average Bonchev–Trinajstić information content (AvgIpc) is 2.44. The van der Waals surface area contributed by atoms with Crippen molar-refractivity contribution in [3.8, 4) is 0 Å². The van der Waals surface area contributed by atoms with E-state index >= 15 is 0 Å². The number of carbonyl (C=O) groups excluding carboxylic acids is 1. The molecule has 0 bridgehead atoms. The molecule has 0 aromatic heterocycles. The zero-order valence-electron chi connectivity index (χ0n) is 11.1. The first-order valence-corrected chi connectivity index (χ1v) is 6.18. The minimum atomic E-state index is -0.764. The highest BCUT2D eigenvalue weighted by atomic mass is 16.5. The molecule has 1 rings (SSSR count). The van der Waals surface area contributed by atoms with E-state index in [4.69, 9.17) is 4.74 Å². The van der Waals surface area contributed by atoms with E-state index in [0.717, 1.165) is 5.56 Å². The summed E-state index contributed by atoms with van der Waals surface area (Å²) in [4.78, 5) is 11.3. The third-order valence-electron chi connectivity index (χ3n) is 2.74. The van der Waals surface area contributed by atoms with Crippen molar-refractivity contribution in [3.63, 3.8) is 0 Å². The van der Waals surface area contributed by atoms with Gasteiger partial charge in [0.1, 0.15) is 0 Å². The average molecular weight is 264 g/mol. The molecule has 1 aromatic carbocycles. The van der Waals surface area contributed by atoms with Crippen LogP contribution in [0.2, 0.25) is 0 Å². The van der Waals surface area contributed by atoms with Crippen LogP contribution < -0.4 is 0 Å². The van der Waals surface area contributed by atoms with Crippen molar-refractivity contribution in [2.24, 2.45) is 0 Å². The Hall–Kier alpha value is -1.65. The van der Waals surface area contributed by atoms with E-state index in [1.807, 2.05) is 30.3 Å². The van der Waals surface area contributed by atoms with Crippen molar-refractivity contribution in [1.29, 1.82) is 0 Å². The third-order valence-corrected chi connectivity index (χ3v) is 2.74. The van der Waals surface area contributed by atoms with Gasteiger partial charge in [0, 0.05) is 0 Å². The molecule has 104 valence electrons. The van der Waals surface area contributed by atoms with E-state index in [1.54, 1.807) is 6.08 Å². The number of ether oxygens (including phenoxy) is 2. The van der Waals surface area contributed by atoms with Crippen molar-refractivity contribution < 1.29 is 19.4 Å². The summed E-state index contributed by atoms with van der Waals surface area (Å²) >= 11 is 0. The second kappa shape index (κ2) is 8.45. The fourth-order valence-electron chi connectivity index (χ4n) is 1.65. The Morgan fingerprint density at radius 2 is 2.11 bits per heavy atom. The lowest BCUT2D eigenvalue weighted by Crippen LogP contribution is -2.31. The van der Waals surface area contributed by atoms with Crippen molar-refractivity contribution in [2.75, 3.05) is 7.11 Å². The lowest BCUT2D eigenvalue weighted by Gasteiger charge is -2.21. The lowest BCUT2D eigenvalue weighted by molar-refractivity contribution is -0.147. The zero-order valence-corrected chi connectivity index (χ0v) is 11.1. The molecular formula is C15H20O4. The van der Waals surface area contributed by atoms with Crippen LogP contribution in [0, 0.1) is 0 Å². The molecule has 0 saturated heterocycles. The van der Waals surface area contributed by atoms with E-state index in [-0.39, 0.29) is 6.42 Å². The molecule has 0 aliphatic carbocycles. The predicted molar refractivity (Wildman–Crippen MR) is 72.5 cm³/mol. The molecule has 4 nitrogen and oxygen atoms in total. The molecule has 0 aliphatic rings. The Morgan fingerprint density at radius 3 is 2.68 bits per heavy atom. The molecule has 0 fully saturated rings. The summed E-state index contributed by atoms with van der Waals surface area (Å²) in [7, 11) is 1.32. The quantitative estimate of drug-likeness (QED) is 0.577. The number of benzene rings is 1. The standard InChI is InChI=1S/C15H20O4/c1-3-7-13(16)14(10-15(17)18-2)19-11-12-8-5-4-6-9-12/h3-6,8-9,13-14,16H,1,7,10-11H2,2H3/t13-,14-/m0/s1. The Balaban J connectivity index is 2.57. The first-order chi connectivity index (χ1) is 9.17. The molecule has 1 N–H and O–H groups in total. The summed E-state index contributed by atoms with van der Waals surface area (Å²) in [6.45, 7) is 3.91. The highest BCUT2D eigenvalue weighted by Gasteiger charge is 2.22. The summed E-state index contributed by atoms with van der Waals surface area (Å²) in [6, 6.07) is 9.59. The Morgan fingerprint density at radius 1 is 1.42 bits per heavy atom.